The lowest BCUT2D eigenvalue weighted by molar-refractivity contribution is -0.143. The number of amides is 1. The highest BCUT2D eigenvalue weighted by Gasteiger charge is 2.23. The van der Waals surface area contributed by atoms with E-state index in [0.717, 1.165) is 5.56 Å². The molecule has 0 aromatic heterocycles. The maximum Gasteiger partial charge on any atom is 0.408 e. The largest absolute Gasteiger partial charge is 0.467 e. The summed E-state index contributed by atoms with van der Waals surface area (Å²) in [5.74, 6) is -0.500. The van der Waals surface area contributed by atoms with Crippen molar-refractivity contribution in [1.29, 1.82) is 0 Å². The first-order chi connectivity index (χ1) is 11.7. The number of methoxy groups -OCH3 is 1. The third kappa shape index (κ3) is 6.17. The molecule has 24 heavy (non-hydrogen) atoms. The molecule has 1 heterocycles. The number of carbonyl (C=O) groups excluding carboxylic acids is 2. The molecule has 1 aromatic carbocycles. The third-order valence-electron chi connectivity index (χ3n) is 3.61. The molecular weight excluding hydrogens is 314 g/mol. The smallest absolute Gasteiger partial charge is 0.408 e. The van der Waals surface area contributed by atoms with Crippen LogP contribution in [0.1, 0.15) is 24.8 Å². The zero-order valence-electron chi connectivity index (χ0n) is 13.7. The minimum atomic E-state index is -0.750. The Kier molecular flexibility index (Phi) is 7.51. The first-order valence-corrected chi connectivity index (χ1v) is 7.97. The van der Waals surface area contributed by atoms with Crippen molar-refractivity contribution in [2.24, 2.45) is 0 Å². The van der Waals surface area contributed by atoms with Gasteiger partial charge in [0.25, 0.3) is 0 Å². The Morgan fingerprint density at radius 2 is 1.96 bits per heavy atom. The van der Waals surface area contributed by atoms with Crippen molar-refractivity contribution in [3.63, 3.8) is 0 Å². The van der Waals surface area contributed by atoms with Gasteiger partial charge in [0.2, 0.25) is 0 Å². The highest BCUT2D eigenvalue weighted by Crippen LogP contribution is 2.13. The summed E-state index contributed by atoms with van der Waals surface area (Å²) in [7, 11) is 1.29. The zero-order chi connectivity index (χ0) is 17.2. The SMILES string of the molecule is COC(=O)[C@H](CCCC1OCCO1)NC(=O)OCc1ccccc1. The van der Waals surface area contributed by atoms with Crippen LogP contribution in [0.5, 0.6) is 0 Å². The fourth-order valence-corrected chi connectivity index (χ4v) is 2.36. The fraction of sp³-hybridized carbons (Fsp3) is 0.529. The molecular formula is C17H23NO6. The van der Waals surface area contributed by atoms with E-state index in [1.165, 1.54) is 7.11 Å². The number of benzene rings is 1. The summed E-state index contributed by atoms with van der Waals surface area (Å²) in [4.78, 5) is 23.7. The minimum absolute atomic E-state index is 0.143. The molecule has 1 saturated heterocycles. The van der Waals surface area contributed by atoms with E-state index < -0.39 is 18.1 Å². The summed E-state index contributed by atoms with van der Waals surface area (Å²) < 4.78 is 20.5. The molecule has 0 spiro atoms. The van der Waals surface area contributed by atoms with Crippen molar-refractivity contribution in [1.82, 2.24) is 5.32 Å². The van der Waals surface area contributed by atoms with Crippen molar-refractivity contribution in [2.75, 3.05) is 20.3 Å². The summed E-state index contributed by atoms with van der Waals surface area (Å²) in [5.41, 5.74) is 0.873. The van der Waals surface area contributed by atoms with Gasteiger partial charge in [-0.15, -0.1) is 0 Å². The molecule has 0 bridgehead atoms. The van der Waals surface area contributed by atoms with E-state index in [4.69, 9.17) is 18.9 Å². The van der Waals surface area contributed by atoms with Gasteiger partial charge >= 0.3 is 12.1 Å². The lowest BCUT2D eigenvalue weighted by Gasteiger charge is -2.17. The van der Waals surface area contributed by atoms with E-state index >= 15 is 0 Å². The summed E-state index contributed by atoms with van der Waals surface area (Å²) in [5, 5.41) is 2.55. The number of esters is 1. The maximum atomic E-state index is 11.9. The number of nitrogens with one attached hydrogen (secondary N) is 1. The molecule has 0 saturated carbocycles. The van der Waals surface area contributed by atoms with Gasteiger partial charge in [-0.2, -0.15) is 0 Å². The van der Waals surface area contributed by atoms with Crippen LogP contribution in [0.15, 0.2) is 30.3 Å². The van der Waals surface area contributed by atoms with Gasteiger partial charge in [0, 0.05) is 0 Å². The van der Waals surface area contributed by atoms with Crippen LogP contribution < -0.4 is 5.32 Å². The lowest BCUT2D eigenvalue weighted by Crippen LogP contribution is -2.41. The van der Waals surface area contributed by atoms with Gasteiger partial charge in [-0.1, -0.05) is 30.3 Å². The van der Waals surface area contributed by atoms with E-state index in [0.29, 0.717) is 32.5 Å². The number of rotatable bonds is 8. The molecule has 1 amide bonds. The number of ether oxygens (including phenoxy) is 4. The Hall–Kier alpha value is -2.12. The quantitative estimate of drug-likeness (QED) is 0.731. The van der Waals surface area contributed by atoms with Crippen LogP contribution in [0.4, 0.5) is 4.79 Å². The monoisotopic (exact) mass is 337 g/mol. The van der Waals surface area contributed by atoms with E-state index in [9.17, 15) is 9.59 Å². The second-order valence-corrected chi connectivity index (χ2v) is 5.38. The van der Waals surface area contributed by atoms with Crippen LogP contribution in [-0.2, 0) is 30.3 Å². The molecule has 0 aliphatic carbocycles. The highest BCUT2D eigenvalue weighted by molar-refractivity contribution is 5.81. The predicted molar refractivity (Wildman–Crippen MR) is 85.1 cm³/mol. The van der Waals surface area contributed by atoms with Crippen LogP contribution in [0, 0.1) is 0 Å². The van der Waals surface area contributed by atoms with Crippen molar-refractivity contribution < 1.29 is 28.5 Å². The Morgan fingerprint density at radius 1 is 1.25 bits per heavy atom. The number of alkyl carbamates (subject to hydrolysis) is 1. The van der Waals surface area contributed by atoms with Crippen molar-refractivity contribution >= 4 is 12.1 Å². The van der Waals surface area contributed by atoms with E-state index in [1.54, 1.807) is 0 Å². The first-order valence-electron chi connectivity index (χ1n) is 7.97. The molecule has 1 atom stereocenters. The summed E-state index contributed by atoms with van der Waals surface area (Å²) in [6.07, 6.45) is 0.865. The second-order valence-electron chi connectivity index (χ2n) is 5.38. The molecule has 2 rings (SSSR count). The van der Waals surface area contributed by atoms with E-state index in [2.05, 4.69) is 5.32 Å². The number of hydrogen-bond acceptors (Lipinski definition) is 6. The number of hydrogen-bond donors (Lipinski definition) is 1. The normalized spacial score (nSPS) is 15.7. The molecule has 7 nitrogen and oxygen atoms in total. The predicted octanol–water partition coefficient (Wildman–Crippen LogP) is 2.00. The molecule has 0 radical (unpaired) electrons. The summed E-state index contributed by atoms with van der Waals surface area (Å²) >= 11 is 0. The Bertz CT molecular complexity index is 515. The van der Waals surface area contributed by atoms with Crippen LogP contribution in [0.2, 0.25) is 0 Å². The van der Waals surface area contributed by atoms with Gasteiger partial charge in [-0.3, -0.25) is 0 Å². The summed E-state index contributed by atoms with van der Waals surface area (Å²) in [6, 6.07) is 8.57. The Labute approximate surface area is 141 Å². The zero-order valence-corrected chi connectivity index (χ0v) is 13.7. The van der Waals surface area contributed by atoms with Crippen LogP contribution in [-0.4, -0.2) is 44.7 Å². The molecule has 7 heteroatoms. The van der Waals surface area contributed by atoms with Crippen LogP contribution in [0.3, 0.4) is 0 Å². The minimum Gasteiger partial charge on any atom is -0.467 e. The Balaban J connectivity index is 1.74. The van der Waals surface area contributed by atoms with Gasteiger partial charge in [0.15, 0.2) is 6.29 Å². The maximum absolute atomic E-state index is 11.9. The first kappa shape index (κ1) is 18.2. The molecule has 1 N–H and O–H groups in total. The highest BCUT2D eigenvalue weighted by atomic mass is 16.7. The lowest BCUT2D eigenvalue weighted by atomic mass is 10.1. The third-order valence-corrected chi connectivity index (χ3v) is 3.61. The topological polar surface area (TPSA) is 83.1 Å². The Morgan fingerprint density at radius 3 is 2.62 bits per heavy atom. The van der Waals surface area contributed by atoms with Gasteiger partial charge in [0.05, 0.1) is 20.3 Å². The second kappa shape index (κ2) is 9.89. The average Bonchev–Trinajstić information content (AvgIpc) is 3.12. The van der Waals surface area contributed by atoms with Gasteiger partial charge in [0.1, 0.15) is 12.6 Å². The van der Waals surface area contributed by atoms with Gasteiger partial charge in [-0.25, -0.2) is 9.59 Å². The average molecular weight is 337 g/mol. The van der Waals surface area contributed by atoms with Crippen molar-refractivity contribution in [3.05, 3.63) is 35.9 Å². The van der Waals surface area contributed by atoms with Crippen LogP contribution in [0.25, 0.3) is 0 Å². The van der Waals surface area contributed by atoms with Gasteiger partial charge < -0.3 is 24.3 Å². The summed E-state index contributed by atoms with van der Waals surface area (Å²) in [6.45, 7) is 1.33. The van der Waals surface area contributed by atoms with E-state index in [1.807, 2.05) is 30.3 Å². The van der Waals surface area contributed by atoms with Gasteiger partial charge in [-0.05, 0) is 24.8 Å². The molecule has 132 valence electrons. The standard InChI is InChI=1S/C17H23NO6/c1-21-16(19)14(8-5-9-15-22-10-11-23-15)18-17(20)24-12-13-6-3-2-4-7-13/h2-4,6-7,14-15H,5,8-12H2,1H3,(H,18,20)/t14-/m0/s1. The fourth-order valence-electron chi connectivity index (χ4n) is 2.36. The molecule has 1 aliphatic heterocycles. The van der Waals surface area contributed by atoms with Crippen molar-refractivity contribution in [2.45, 2.75) is 38.2 Å². The molecule has 0 unspecified atom stereocenters. The molecule has 1 aromatic rings. The molecule has 1 fully saturated rings. The molecule has 1 aliphatic rings. The van der Waals surface area contributed by atoms with Crippen molar-refractivity contribution in [3.8, 4) is 0 Å². The van der Waals surface area contributed by atoms with Crippen LogP contribution >= 0.6 is 0 Å². The van der Waals surface area contributed by atoms with E-state index in [-0.39, 0.29) is 12.9 Å². The number of carbonyl (C=O) groups is 2.